The lowest BCUT2D eigenvalue weighted by molar-refractivity contribution is 0.0405. The molecule has 1 aliphatic heterocycles. The zero-order valence-corrected chi connectivity index (χ0v) is 17.2. The molecule has 0 bridgehead atoms. The van der Waals surface area contributed by atoms with Crippen molar-refractivity contribution in [1.82, 2.24) is 0 Å². The van der Waals surface area contributed by atoms with E-state index in [0.717, 1.165) is 29.9 Å². The highest BCUT2D eigenvalue weighted by molar-refractivity contribution is 5.59. The summed E-state index contributed by atoms with van der Waals surface area (Å²) in [5.41, 5.74) is 1.86. The first-order valence-electron chi connectivity index (χ1n) is 10.4. The number of phenols is 1. The summed E-state index contributed by atoms with van der Waals surface area (Å²) in [7, 11) is 3.34. The van der Waals surface area contributed by atoms with Crippen LogP contribution in [0.4, 0.5) is 0 Å². The number of fused-ring (bicyclic) bond motifs is 3. The van der Waals surface area contributed by atoms with Gasteiger partial charge in [-0.1, -0.05) is 48.6 Å². The summed E-state index contributed by atoms with van der Waals surface area (Å²) in [5, 5.41) is 10.2. The van der Waals surface area contributed by atoms with Crippen LogP contribution in [0.15, 0.2) is 78.6 Å². The van der Waals surface area contributed by atoms with Crippen LogP contribution in [0, 0.1) is 5.92 Å². The van der Waals surface area contributed by atoms with Gasteiger partial charge >= 0.3 is 0 Å². The van der Waals surface area contributed by atoms with Crippen molar-refractivity contribution in [3.05, 3.63) is 89.7 Å². The number of aromatic hydroxyl groups is 1. The molecule has 1 N–H and O–H groups in total. The monoisotopic (exact) mass is 402 g/mol. The fourth-order valence-electron chi connectivity index (χ4n) is 5.58. The molecule has 2 aliphatic carbocycles. The van der Waals surface area contributed by atoms with E-state index in [1.165, 1.54) is 5.56 Å². The number of rotatable bonds is 4. The third-order valence-corrected chi connectivity index (χ3v) is 6.78. The quantitative estimate of drug-likeness (QED) is 0.737. The minimum absolute atomic E-state index is 0.0401. The van der Waals surface area contributed by atoms with E-state index in [9.17, 15) is 5.11 Å². The predicted octanol–water partition coefficient (Wildman–Crippen LogP) is 5.47. The summed E-state index contributed by atoms with van der Waals surface area (Å²) in [6.45, 7) is 0. The van der Waals surface area contributed by atoms with Gasteiger partial charge in [0.1, 0.15) is 28.6 Å². The zero-order valence-electron chi connectivity index (χ0n) is 17.2. The lowest BCUT2D eigenvalue weighted by Crippen LogP contribution is -2.45. The Morgan fingerprint density at radius 3 is 2.57 bits per heavy atom. The van der Waals surface area contributed by atoms with Crippen LogP contribution in [-0.4, -0.2) is 24.9 Å². The third kappa shape index (κ3) is 2.74. The van der Waals surface area contributed by atoms with Gasteiger partial charge < -0.3 is 19.3 Å². The first kappa shape index (κ1) is 18.9. The van der Waals surface area contributed by atoms with Crippen LogP contribution in [0.3, 0.4) is 0 Å². The van der Waals surface area contributed by atoms with Gasteiger partial charge in [0.2, 0.25) is 0 Å². The fourth-order valence-corrected chi connectivity index (χ4v) is 5.58. The van der Waals surface area contributed by atoms with E-state index in [0.29, 0.717) is 5.75 Å². The smallest absolute Gasteiger partial charge is 0.133 e. The van der Waals surface area contributed by atoms with Crippen molar-refractivity contribution in [2.75, 3.05) is 14.2 Å². The Kier molecular flexibility index (Phi) is 4.58. The summed E-state index contributed by atoms with van der Waals surface area (Å²) in [4.78, 5) is 0. The Hall–Kier alpha value is -3.14. The van der Waals surface area contributed by atoms with Gasteiger partial charge in [-0.3, -0.25) is 0 Å². The largest absolute Gasteiger partial charge is 0.508 e. The van der Waals surface area contributed by atoms with Crippen LogP contribution in [0.2, 0.25) is 0 Å². The van der Waals surface area contributed by atoms with Crippen molar-refractivity contribution in [2.24, 2.45) is 5.92 Å². The first-order valence-corrected chi connectivity index (χ1v) is 10.4. The van der Waals surface area contributed by atoms with Gasteiger partial charge in [0.05, 0.1) is 14.2 Å². The molecule has 1 saturated carbocycles. The van der Waals surface area contributed by atoms with Crippen LogP contribution in [0.1, 0.15) is 35.8 Å². The maximum Gasteiger partial charge on any atom is 0.133 e. The van der Waals surface area contributed by atoms with E-state index in [1.807, 2.05) is 18.2 Å². The number of phenolic OH excluding ortho intramolecular Hbond substituents is 1. The number of benzene rings is 2. The summed E-state index contributed by atoms with van der Waals surface area (Å²) in [6.07, 6.45) is 12.5. The lowest BCUT2D eigenvalue weighted by Gasteiger charge is -2.40. The second-order valence-corrected chi connectivity index (χ2v) is 8.15. The van der Waals surface area contributed by atoms with Gasteiger partial charge in [-0.05, 0) is 30.6 Å². The maximum atomic E-state index is 10.2. The molecule has 0 amide bonds. The Morgan fingerprint density at radius 2 is 1.80 bits per heavy atom. The average molecular weight is 402 g/mol. The topological polar surface area (TPSA) is 47.9 Å². The van der Waals surface area contributed by atoms with Crippen LogP contribution >= 0.6 is 0 Å². The molecule has 3 aliphatic rings. The molecule has 4 nitrogen and oxygen atoms in total. The molecule has 2 aromatic carbocycles. The Labute approximate surface area is 177 Å². The molecule has 2 unspecified atom stereocenters. The minimum Gasteiger partial charge on any atom is -0.508 e. The van der Waals surface area contributed by atoms with Crippen LogP contribution in [0.5, 0.6) is 17.2 Å². The lowest BCUT2D eigenvalue weighted by atomic mass is 9.70. The third-order valence-electron chi connectivity index (χ3n) is 6.78. The summed E-state index contributed by atoms with van der Waals surface area (Å²) < 4.78 is 18.0. The van der Waals surface area contributed by atoms with Gasteiger partial charge in [0.15, 0.2) is 0 Å². The molecule has 0 saturated heterocycles. The van der Waals surface area contributed by atoms with E-state index in [2.05, 4.69) is 42.5 Å². The number of hydrogen-bond acceptors (Lipinski definition) is 4. The molecular weight excluding hydrogens is 376 g/mol. The molecule has 154 valence electrons. The van der Waals surface area contributed by atoms with E-state index in [4.69, 9.17) is 14.2 Å². The maximum absolute atomic E-state index is 10.2. The molecule has 4 atom stereocenters. The van der Waals surface area contributed by atoms with Crippen LogP contribution in [-0.2, 0) is 4.74 Å². The number of allylic oxidation sites excluding steroid dienone is 3. The minimum atomic E-state index is -0.491. The second kappa shape index (κ2) is 7.28. The van der Waals surface area contributed by atoms with Crippen molar-refractivity contribution in [3.63, 3.8) is 0 Å². The van der Waals surface area contributed by atoms with Gasteiger partial charge in [0.25, 0.3) is 0 Å². The summed E-state index contributed by atoms with van der Waals surface area (Å²) in [5.74, 6) is 2.82. The Morgan fingerprint density at radius 1 is 1.00 bits per heavy atom. The normalized spacial score (nSPS) is 28.9. The summed E-state index contributed by atoms with van der Waals surface area (Å²) >= 11 is 0. The van der Waals surface area contributed by atoms with E-state index < -0.39 is 5.60 Å². The predicted molar refractivity (Wildman–Crippen MR) is 116 cm³/mol. The van der Waals surface area contributed by atoms with Gasteiger partial charge in [-0.25, -0.2) is 0 Å². The van der Waals surface area contributed by atoms with Crippen molar-refractivity contribution in [1.29, 1.82) is 0 Å². The highest BCUT2D eigenvalue weighted by Crippen LogP contribution is 2.65. The van der Waals surface area contributed by atoms with Crippen molar-refractivity contribution in [3.8, 4) is 17.2 Å². The summed E-state index contributed by atoms with van der Waals surface area (Å²) in [6, 6.07) is 14.0. The van der Waals surface area contributed by atoms with Crippen LogP contribution in [0.25, 0.3) is 0 Å². The highest BCUT2D eigenvalue weighted by Gasteiger charge is 2.61. The van der Waals surface area contributed by atoms with Gasteiger partial charge in [0, 0.05) is 35.4 Å². The SMILES string of the molecule is COC1=CC=CC([C@@]23Oc4cc(O)cc(OC)c4C2CC[C@H]3c2ccccc2)C=C1. The molecule has 1 heterocycles. The number of hydrogen-bond donors (Lipinski definition) is 1. The number of ether oxygens (including phenoxy) is 3. The molecule has 30 heavy (non-hydrogen) atoms. The van der Waals surface area contributed by atoms with E-state index >= 15 is 0 Å². The van der Waals surface area contributed by atoms with Crippen molar-refractivity contribution < 1.29 is 19.3 Å². The average Bonchev–Trinajstić information content (AvgIpc) is 3.17. The molecule has 4 heteroatoms. The van der Waals surface area contributed by atoms with Gasteiger partial charge in [-0.15, -0.1) is 0 Å². The first-order chi connectivity index (χ1) is 14.7. The van der Waals surface area contributed by atoms with E-state index in [1.54, 1.807) is 26.4 Å². The Bertz CT molecular complexity index is 1040. The molecule has 0 spiro atoms. The molecule has 0 radical (unpaired) electrons. The van der Waals surface area contributed by atoms with Crippen molar-refractivity contribution >= 4 is 0 Å². The zero-order chi connectivity index (χ0) is 20.7. The Balaban J connectivity index is 1.68. The van der Waals surface area contributed by atoms with E-state index in [-0.39, 0.29) is 23.5 Å². The fraction of sp³-hybridized carbons (Fsp3) is 0.308. The van der Waals surface area contributed by atoms with Gasteiger partial charge in [-0.2, -0.15) is 0 Å². The van der Waals surface area contributed by atoms with Crippen LogP contribution < -0.4 is 9.47 Å². The second-order valence-electron chi connectivity index (χ2n) is 8.15. The standard InChI is InChI=1S/C26H26O4/c1-28-20-10-6-9-18(11-12-20)26-21(17-7-4-3-5-8-17)13-14-22(26)25-23(29-2)15-19(27)16-24(25)30-26/h3-12,15-16,18,21-22,27H,13-14H2,1-2H3/t18?,21-,22?,26-/m0/s1. The molecule has 2 aromatic rings. The molecular formula is C26H26O4. The number of methoxy groups -OCH3 is 2. The highest BCUT2D eigenvalue weighted by atomic mass is 16.5. The molecule has 1 fully saturated rings. The molecule has 5 rings (SSSR count). The molecule has 0 aromatic heterocycles. The van der Waals surface area contributed by atoms with Crippen molar-refractivity contribution in [2.45, 2.75) is 30.3 Å².